The number of para-hydroxylation sites is 1. The first-order valence-electron chi connectivity index (χ1n) is 9.14. The van der Waals surface area contributed by atoms with Crippen LogP contribution in [-0.2, 0) is 9.53 Å². The molecule has 142 valence electrons. The van der Waals surface area contributed by atoms with Gasteiger partial charge in [0.05, 0.1) is 0 Å². The summed E-state index contributed by atoms with van der Waals surface area (Å²) in [6.45, 7) is 1.00. The van der Waals surface area contributed by atoms with Gasteiger partial charge in [-0.2, -0.15) is 5.26 Å². The second-order valence-electron chi connectivity index (χ2n) is 6.36. The molecule has 1 heterocycles. The molecule has 28 heavy (non-hydrogen) atoms. The van der Waals surface area contributed by atoms with E-state index in [1.165, 1.54) is 0 Å². The van der Waals surface area contributed by atoms with Crippen molar-refractivity contribution in [1.82, 2.24) is 5.32 Å². The van der Waals surface area contributed by atoms with Crippen molar-refractivity contribution in [2.75, 3.05) is 20.3 Å². The minimum Gasteiger partial charge on any atom is -0.480 e. The molecule has 0 saturated heterocycles. The van der Waals surface area contributed by atoms with Crippen LogP contribution < -0.4 is 10.1 Å². The molecule has 0 spiro atoms. The third-order valence-corrected chi connectivity index (χ3v) is 4.38. The van der Waals surface area contributed by atoms with Crippen LogP contribution in [0.15, 0.2) is 71.8 Å². The van der Waals surface area contributed by atoms with Crippen molar-refractivity contribution < 1.29 is 14.3 Å². The van der Waals surface area contributed by atoms with E-state index in [-0.39, 0.29) is 11.7 Å². The van der Waals surface area contributed by atoms with Crippen molar-refractivity contribution in [3.05, 3.63) is 82.9 Å². The SMILES string of the molecule is COCCCNC(=O)/C(C#N)=C/C1=Cc2ccccc2OC1c1ccccc1. The highest BCUT2D eigenvalue weighted by Gasteiger charge is 2.24. The lowest BCUT2D eigenvalue weighted by molar-refractivity contribution is -0.117. The van der Waals surface area contributed by atoms with Crippen LogP contribution >= 0.6 is 0 Å². The van der Waals surface area contributed by atoms with Gasteiger partial charge in [0.1, 0.15) is 23.5 Å². The molecule has 0 aliphatic carbocycles. The number of ether oxygens (including phenoxy) is 2. The van der Waals surface area contributed by atoms with Crippen LogP contribution in [0.3, 0.4) is 0 Å². The number of methoxy groups -OCH3 is 1. The highest BCUT2D eigenvalue weighted by atomic mass is 16.5. The number of hydrogen-bond donors (Lipinski definition) is 1. The quantitative estimate of drug-likeness (QED) is 0.454. The van der Waals surface area contributed by atoms with Crippen molar-refractivity contribution in [2.45, 2.75) is 12.5 Å². The van der Waals surface area contributed by atoms with Crippen LogP contribution in [-0.4, -0.2) is 26.2 Å². The van der Waals surface area contributed by atoms with E-state index in [1.807, 2.05) is 66.7 Å². The smallest absolute Gasteiger partial charge is 0.261 e. The van der Waals surface area contributed by atoms with Gasteiger partial charge in [0, 0.05) is 25.8 Å². The summed E-state index contributed by atoms with van der Waals surface area (Å²) in [6.07, 6.45) is 3.87. The topological polar surface area (TPSA) is 71.3 Å². The van der Waals surface area contributed by atoms with Crippen LogP contribution in [0.2, 0.25) is 0 Å². The summed E-state index contributed by atoms with van der Waals surface area (Å²) >= 11 is 0. The molecule has 1 unspecified atom stereocenters. The van der Waals surface area contributed by atoms with E-state index in [2.05, 4.69) is 5.32 Å². The van der Waals surface area contributed by atoms with Crippen molar-refractivity contribution in [2.24, 2.45) is 0 Å². The molecule has 0 saturated carbocycles. The summed E-state index contributed by atoms with van der Waals surface area (Å²) in [6, 6.07) is 19.5. The molecule has 1 aliphatic heterocycles. The van der Waals surface area contributed by atoms with Crippen LogP contribution in [0.25, 0.3) is 6.08 Å². The Hall–Kier alpha value is -3.36. The van der Waals surface area contributed by atoms with Crippen molar-refractivity contribution >= 4 is 12.0 Å². The maximum Gasteiger partial charge on any atom is 0.261 e. The number of benzene rings is 2. The van der Waals surface area contributed by atoms with Gasteiger partial charge in [-0.05, 0) is 35.8 Å². The molecule has 0 radical (unpaired) electrons. The van der Waals surface area contributed by atoms with Gasteiger partial charge in [-0.15, -0.1) is 0 Å². The number of carbonyl (C=O) groups excluding carboxylic acids is 1. The van der Waals surface area contributed by atoms with E-state index in [9.17, 15) is 10.1 Å². The molecule has 2 aromatic carbocycles. The number of nitrogens with zero attached hydrogens (tertiary/aromatic N) is 1. The fourth-order valence-electron chi connectivity index (χ4n) is 2.99. The van der Waals surface area contributed by atoms with Gasteiger partial charge in [-0.3, -0.25) is 4.79 Å². The van der Waals surface area contributed by atoms with Crippen LogP contribution in [0.5, 0.6) is 5.75 Å². The highest BCUT2D eigenvalue weighted by molar-refractivity contribution is 5.98. The second kappa shape index (κ2) is 9.54. The lowest BCUT2D eigenvalue weighted by Crippen LogP contribution is -2.26. The first-order valence-corrected chi connectivity index (χ1v) is 9.14. The standard InChI is InChI=1S/C23H22N2O3/c1-27-13-7-12-25-23(26)20(16-24)15-19-14-18-10-5-6-11-21(18)28-22(19)17-8-3-2-4-9-17/h2-6,8-11,14-15,22H,7,12-13H2,1H3,(H,25,26)/b20-15+. The summed E-state index contributed by atoms with van der Waals surface area (Å²) < 4.78 is 11.2. The predicted molar refractivity (Wildman–Crippen MR) is 107 cm³/mol. The van der Waals surface area contributed by atoms with Crippen molar-refractivity contribution in [3.63, 3.8) is 0 Å². The fraction of sp³-hybridized carbons (Fsp3) is 0.217. The summed E-state index contributed by atoms with van der Waals surface area (Å²) in [5, 5.41) is 12.3. The Morgan fingerprint density at radius 2 is 1.96 bits per heavy atom. The Kier molecular flexibility index (Phi) is 6.61. The first kappa shape index (κ1) is 19.4. The van der Waals surface area contributed by atoms with Crippen LogP contribution in [0, 0.1) is 11.3 Å². The van der Waals surface area contributed by atoms with Gasteiger partial charge in [-0.1, -0.05) is 48.5 Å². The zero-order valence-electron chi connectivity index (χ0n) is 15.7. The maximum absolute atomic E-state index is 12.4. The Morgan fingerprint density at radius 1 is 1.21 bits per heavy atom. The molecule has 1 aliphatic rings. The normalized spacial score (nSPS) is 15.6. The van der Waals surface area contributed by atoms with Gasteiger partial charge in [0.25, 0.3) is 5.91 Å². The van der Waals surface area contributed by atoms with Gasteiger partial charge in [-0.25, -0.2) is 0 Å². The number of amides is 1. The molecule has 1 N–H and O–H groups in total. The highest BCUT2D eigenvalue weighted by Crippen LogP contribution is 2.38. The summed E-state index contributed by atoms with van der Waals surface area (Å²) in [4.78, 5) is 12.4. The summed E-state index contributed by atoms with van der Waals surface area (Å²) in [5.41, 5.74) is 2.68. The summed E-state index contributed by atoms with van der Waals surface area (Å²) in [7, 11) is 1.61. The van der Waals surface area contributed by atoms with Crippen LogP contribution in [0.1, 0.15) is 23.7 Å². The minimum absolute atomic E-state index is 0.0487. The third-order valence-electron chi connectivity index (χ3n) is 4.38. The molecule has 3 rings (SSSR count). The fourth-order valence-corrected chi connectivity index (χ4v) is 2.99. The van der Waals surface area contributed by atoms with Gasteiger partial charge in [0.15, 0.2) is 0 Å². The zero-order chi connectivity index (χ0) is 19.8. The maximum atomic E-state index is 12.4. The Balaban J connectivity index is 1.90. The molecule has 5 nitrogen and oxygen atoms in total. The minimum atomic E-state index is -0.398. The molecular weight excluding hydrogens is 352 g/mol. The lowest BCUT2D eigenvalue weighted by Gasteiger charge is -2.26. The summed E-state index contributed by atoms with van der Waals surface area (Å²) in [5.74, 6) is 0.376. The van der Waals surface area contributed by atoms with E-state index in [0.29, 0.717) is 19.6 Å². The van der Waals surface area contributed by atoms with Gasteiger partial charge in [0.2, 0.25) is 0 Å². The zero-order valence-corrected chi connectivity index (χ0v) is 15.7. The number of fused-ring (bicyclic) bond motifs is 1. The van der Waals surface area contributed by atoms with E-state index in [0.717, 1.165) is 22.4 Å². The lowest BCUT2D eigenvalue weighted by atomic mass is 9.94. The predicted octanol–water partition coefficient (Wildman–Crippen LogP) is 3.81. The number of nitriles is 1. The molecule has 0 aromatic heterocycles. The van der Waals surface area contributed by atoms with E-state index in [4.69, 9.17) is 9.47 Å². The number of nitrogens with one attached hydrogen (secondary N) is 1. The molecule has 0 bridgehead atoms. The van der Waals surface area contributed by atoms with Crippen molar-refractivity contribution in [1.29, 1.82) is 5.26 Å². The average Bonchev–Trinajstić information content (AvgIpc) is 2.75. The second-order valence-corrected chi connectivity index (χ2v) is 6.36. The molecule has 0 fully saturated rings. The van der Waals surface area contributed by atoms with Crippen LogP contribution in [0.4, 0.5) is 0 Å². The molecule has 1 atom stereocenters. The Labute approximate surface area is 164 Å². The van der Waals surface area contributed by atoms with E-state index >= 15 is 0 Å². The average molecular weight is 374 g/mol. The molecule has 2 aromatic rings. The number of hydrogen-bond acceptors (Lipinski definition) is 4. The monoisotopic (exact) mass is 374 g/mol. The van der Waals surface area contributed by atoms with E-state index < -0.39 is 5.91 Å². The van der Waals surface area contributed by atoms with Gasteiger partial charge < -0.3 is 14.8 Å². The molecular formula is C23H22N2O3. The number of rotatable bonds is 7. The Morgan fingerprint density at radius 3 is 2.71 bits per heavy atom. The largest absolute Gasteiger partial charge is 0.480 e. The van der Waals surface area contributed by atoms with Gasteiger partial charge >= 0.3 is 0 Å². The Bertz CT molecular complexity index is 926. The molecule has 1 amide bonds. The first-order chi connectivity index (χ1) is 13.7. The molecule has 5 heteroatoms. The van der Waals surface area contributed by atoms with E-state index in [1.54, 1.807) is 13.2 Å². The van der Waals surface area contributed by atoms with Crippen molar-refractivity contribution in [3.8, 4) is 11.8 Å². The number of carbonyl (C=O) groups is 1. The third kappa shape index (κ3) is 4.67.